The van der Waals surface area contributed by atoms with E-state index in [9.17, 15) is 0 Å². The van der Waals surface area contributed by atoms with E-state index in [2.05, 4.69) is 63.7 Å². The van der Waals surface area contributed by atoms with Crippen LogP contribution in [0.5, 0.6) is 0 Å². The number of pyridine rings is 1. The summed E-state index contributed by atoms with van der Waals surface area (Å²) in [5.41, 5.74) is 1.64. The van der Waals surface area contributed by atoms with E-state index in [4.69, 9.17) is 0 Å². The van der Waals surface area contributed by atoms with Gasteiger partial charge in [-0.25, -0.2) is 4.57 Å². The summed E-state index contributed by atoms with van der Waals surface area (Å²) >= 11 is 0. The second kappa shape index (κ2) is 3.49. The van der Waals surface area contributed by atoms with Crippen molar-refractivity contribution in [2.45, 2.75) is 46.1 Å². The van der Waals surface area contributed by atoms with E-state index < -0.39 is 0 Å². The maximum Gasteiger partial charge on any atom is 0.172 e. The molecule has 1 aromatic heterocycles. The van der Waals surface area contributed by atoms with Gasteiger partial charge in [-0.3, -0.25) is 0 Å². The maximum atomic E-state index is 2.25. The molecule has 72 valence electrons. The smallest absolute Gasteiger partial charge is 0.172 e. The lowest BCUT2D eigenvalue weighted by Crippen LogP contribution is -2.36. The quantitative estimate of drug-likeness (QED) is 0.582. The van der Waals surface area contributed by atoms with Crippen molar-refractivity contribution in [2.75, 3.05) is 0 Å². The highest BCUT2D eigenvalue weighted by atomic mass is 15.0. The predicted octanol–water partition coefficient (Wildman–Crippen LogP) is 2.85. The average molecular weight is 178 g/mol. The van der Waals surface area contributed by atoms with Gasteiger partial charge in [-0.15, -0.1) is 0 Å². The fourth-order valence-corrected chi connectivity index (χ4v) is 1.26. The number of hydrogen-bond acceptors (Lipinski definition) is 0. The van der Waals surface area contributed by atoms with Gasteiger partial charge < -0.3 is 0 Å². The monoisotopic (exact) mass is 178 g/mol. The SMILES string of the molecule is CC(C)[n+]1cccc(C(C)(C)C)c1. The molecule has 0 atom stereocenters. The van der Waals surface area contributed by atoms with Crippen LogP contribution in [0.2, 0.25) is 0 Å². The molecule has 0 amide bonds. The van der Waals surface area contributed by atoms with E-state index in [1.165, 1.54) is 5.56 Å². The van der Waals surface area contributed by atoms with Crippen LogP contribution in [0, 0.1) is 0 Å². The summed E-state index contributed by atoms with van der Waals surface area (Å²) in [5.74, 6) is 0. The van der Waals surface area contributed by atoms with Crippen LogP contribution in [0.3, 0.4) is 0 Å². The highest BCUT2D eigenvalue weighted by Gasteiger charge is 2.17. The normalized spacial score (nSPS) is 12.2. The Hall–Kier alpha value is -0.850. The number of aromatic nitrogens is 1. The van der Waals surface area contributed by atoms with Gasteiger partial charge in [0.1, 0.15) is 0 Å². The molecule has 1 aromatic rings. The molecule has 0 aliphatic rings. The number of rotatable bonds is 1. The Morgan fingerprint density at radius 1 is 1.23 bits per heavy atom. The van der Waals surface area contributed by atoms with Gasteiger partial charge in [-0.1, -0.05) is 20.8 Å². The van der Waals surface area contributed by atoms with Gasteiger partial charge >= 0.3 is 0 Å². The lowest BCUT2D eigenvalue weighted by Gasteiger charge is -2.17. The molecule has 0 N–H and O–H groups in total. The zero-order valence-electron chi connectivity index (χ0n) is 9.33. The second-order valence-corrected chi connectivity index (χ2v) is 4.88. The minimum absolute atomic E-state index is 0.248. The van der Waals surface area contributed by atoms with Gasteiger partial charge in [-0.05, 0) is 25.3 Å². The molecular formula is C12H20N+. The van der Waals surface area contributed by atoms with Gasteiger partial charge in [0.15, 0.2) is 18.4 Å². The van der Waals surface area contributed by atoms with E-state index in [-0.39, 0.29) is 5.41 Å². The van der Waals surface area contributed by atoms with Gasteiger partial charge in [0.05, 0.1) is 0 Å². The van der Waals surface area contributed by atoms with E-state index in [0.717, 1.165) is 0 Å². The maximum absolute atomic E-state index is 2.25. The third kappa shape index (κ3) is 2.55. The molecule has 1 heteroatoms. The Balaban J connectivity index is 3.06. The van der Waals surface area contributed by atoms with Crippen molar-refractivity contribution >= 4 is 0 Å². The van der Waals surface area contributed by atoms with Gasteiger partial charge in [-0.2, -0.15) is 0 Å². The van der Waals surface area contributed by atoms with Gasteiger partial charge in [0.25, 0.3) is 0 Å². The Morgan fingerprint density at radius 3 is 2.31 bits per heavy atom. The molecule has 0 aromatic carbocycles. The molecule has 0 unspecified atom stereocenters. The largest absolute Gasteiger partial charge is 0.203 e. The fraction of sp³-hybridized carbons (Fsp3) is 0.583. The van der Waals surface area contributed by atoms with Crippen LogP contribution < -0.4 is 4.57 Å². The predicted molar refractivity (Wildman–Crippen MR) is 55.7 cm³/mol. The molecule has 0 aliphatic carbocycles. The lowest BCUT2D eigenvalue weighted by molar-refractivity contribution is -0.716. The molecule has 1 nitrogen and oxygen atoms in total. The van der Waals surface area contributed by atoms with Crippen molar-refractivity contribution in [3.05, 3.63) is 30.1 Å². The van der Waals surface area contributed by atoms with E-state index in [0.29, 0.717) is 6.04 Å². The van der Waals surface area contributed by atoms with Crippen molar-refractivity contribution in [1.29, 1.82) is 0 Å². The molecule has 1 heterocycles. The Labute approximate surface area is 81.4 Å². The molecule has 0 fully saturated rings. The van der Waals surface area contributed by atoms with Crippen molar-refractivity contribution < 1.29 is 4.57 Å². The zero-order valence-corrected chi connectivity index (χ0v) is 9.33. The molecule has 0 radical (unpaired) electrons. The standard InChI is InChI=1S/C12H20N/c1-10(2)13-8-6-7-11(9-13)12(3,4)5/h6-10H,1-5H3/q+1. The molecule has 1 rings (SSSR count). The average Bonchev–Trinajstić information content (AvgIpc) is 2.03. The number of nitrogens with zero attached hydrogens (tertiary/aromatic N) is 1. The molecule has 0 saturated carbocycles. The summed E-state index contributed by atoms with van der Waals surface area (Å²) in [6.07, 6.45) is 4.37. The second-order valence-electron chi connectivity index (χ2n) is 4.88. The van der Waals surface area contributed by atoms with Crippen LogP contribution in [0.1, 0.15) is 46.2 Å². The third-order valence-corrected chi connectivity index (χ3v) is 2.28. The first kappa shape index (κ1) is 10.2. The molecule has 0 aliphatic heterocycles. The molecular weight excluding hydrogens is 158 g/mol. The summed E-state index contributed by atoms with van der Waals surface area (Å²) < 4.78 is 2.25. The Morgan fingerprint density at radius 2 is 1.85 bits per heavy atom. The number of hydrogen-bond donors (Lipinski definition) is 0. The lowest BCUT2D eigenvalue weighted by atomic mass is 9.88. The van der Waals surface area contributed by atoms with Crippen molar-refractivity contribution in [1.82, 2.24) is 0 Å². The fourth-order valence-electron chi connectivity index (χ4n) is 1.26. The van der Waals surface area contributed by atoms with Crippen LogP contribution >= 0.6 is 0 Å². The van der Waals surface area contributed by atoms with Crippen LogP contribution in [-0.4, -0.2) is 0 Å². The minimum Gasteiger partial charge on any atom is -0.203 e. The minimum atomic E-state index is 0.248. The van der Waals surface area contributed by atoms with Crippen molar-refractivity contribution in [3.63, 3.8) is 0 Å². The topological polar surface area (TPSA) is 3.88 Å². The van der Waals surface area contributed by atoms with Crippen LogP contribution in [0.4, 0.5) is 0 Å². The van der Waals surface area contributed by atoms with E-state index >= 15 is 0 Å². The molecule has 0 bridgehead atoms. The van der Waals surface area contributed by atoms with E-state index in [1.54, 1.807) is 0 Å². The molecule has 13 heavy (non-hydrogen) atoms. The highest BCUT2D eigenvalue weighted by molar-refractivity contribution is 5.15. The summed E-state index contributed by atoms with van der Waals surface area (Å²) in [5, 5.41) is 0. The van der Waals surface area contributed by atoms with Crippen molar-refractivity contribution in [2.24, 2.45) is 0 Å². The summed E-state index contributed by atoms with van der Waals surface area (Å²) in [7, 11) is 0. The summed E-state index contributed by atoms with van der Waals surface area (Å²) in [4.78, 5) is 0. The molecule has 0 saturated heterocycles. The van der Waals surface area contributed by atoms with Crippen molar-refractivity contribution in [3.8, 4) is 0 Å². The highest BCUT2D eigenvalue weighted by Crippen LogP contribution is 2.20. The van der Waals surface area contributed by atoms with Gasteiger partial charge in [0, 0.05) is 11.6 Å². The summed E-state index contributed by atoms with van der Waals surface area (Å²) in [6.45, 7) is 11.1. The van der Waals surface area contributed by atoms with Crippen LogP contribution in [-0.2, 0) is 5.41 Å². The van der Waals surface area contributed by atoms with E-state index in [1.807, 2.05) is 0 Å². The first-order valence-electron chi connectivity index (χ1n) is 4.92. The first-order chi connectivity index (χ1) is 5.91. The Kier molecular flexibility index (Phi) is 2.74. The van der Waals surface area contributed by atoms with Crippen LogP contribution in [0.25, 0.3) is 0 Å². The first-order valence-corrected chi connectivity index (χ1v) is 4.92. The summed E-state index contributed by atoms with van der Waals surface area (Å²) in [6, 6.07) is 4.86. The molecule has 0 spiro atoms. The zero-order chi connectivity index (χ0) is 10.1. The third-order valence-electron chi connectivity index (χ3n) is 2.28. The Bertz CT molecular complexity index is 281. The van der Waals surface area contributed by atoms with Gasteiger partial charge in [0.2, 0.25) is 0 Å². The van der Waals surface area contributed by atoms with Crippen LogP contribution in [0.15, 0.2) is 24.5 Å².